The molecule has 0 spiro atoms. The van der Waals surface area contributed by atoms with Crippen LogP contribution in [0.3, 0.4) is 0 Å². The van der Waals surface area contributed by atoms with Crippen molar-refractivity contribution in [2.45, 2.75) is 0 Å². The van der Waals surface area contributed by atoms with E-state index in [1.54, 1.807) is 30.3 Å². The summed E-state index contributed by atoms with van der Waals surface area (Å²) >= 11 is 12.0. The molecule has 4 aromatic rings. The first-order chi connectivity index (χ1) is 13.0. The maximum atomic E-state index is 12.8. The van der Waals surface area contributed by atoms with Gasteiger partial charge in [-0.3, -0.25) is 4.79 Å². The average Bonchev–Trinajstić information content (AvgIpc) is 3.11. The van der Waals surface area contributed by atoms with E-state index in [0.717, 1.165) is 5.75 Å². The van der Waals surface area contributed by atoms with E-state index < -0.39 is 0 Å². The number of hydrogen-bond donors (Lipinski definition) is 2. The molecule has 1 heterocycles. The van der Waals surface area contributed by atoms with Crippen LogP contribution in [0.25, 0.3) is 10.9 Å². The Hall–Kier alpha value is -2.95. The third-order valence-corrected chi connectivity index (χ3v) is 4.80. The van der Waals surface area contributed by atoms with E-state index >= 15 is 0 Å². The van der Waals surface area contributed by atoms with Gasteiger partial charge in [0.1, 0.15) is 11.5 Å². The van der Waals surface area contributed by atoms with Crippen LogP contribution in [0.2, 0.25) is 10.0 Å². The van der Waals surface area contributed by atoms with Gasteiger partial charge in [-0.2, -0.15) is 0 Å². The second-order valence-electron chi connectivity index (χ2n) is 5.93. The number of ketones is 1. The summed E-state index contributed by atoms with van der Waals surface area (Å²) in [6, 6.07) is 19.4. The van der Waals surface area contributed by atoms with Crippen LogP contribution in [-0.2, 0) is 0 Å². The molecule has 1 aromatic heterocycles. The number of carbonyl (C=O) groups excluding carboxylic acids is 1. The molecule has 0 bridgehead atoms. The Balaban J connectivity index is 1.61. The first-order valence-corrected chi connectivity index (χ1v) is 8.86. The molecule has 4 nitrogen and oxygen atoms in total. The maximum Gasteiger partial charge on any atom is 0.209 e. The molecule has 0 radical (unpaired) electrons. The number of H-pyrrole nitrogens is 1. The fraction of sp³-hybridized carbons (Fsp3) is 0. The molecule has 0 amide bonds. The van der Waals surface area contributed by atoms with Crippen LogP contribution in [0, 0.1) is 0 Å². The standard InChI is InChI=1S/C21H13Cl2NO3/c22-16-11-17-15(19(23)21(16)26)10-18(24-17)20(25)12-6-8-14(9-7-12)27-13-4-2-1-3-5-13/h1-11,24,26H. The summed E-state index contributed by atoms with van der Waals surface area (Å²) in [4.78, 5) is 15.8. The van der Waals surface area contributed by atoms with Gasteiger partial charge in [0.2, 0.25) is 5.78 Å². The minimum Gasteiger partial charge on any atom is -0.505 e. The van der Waals surface area contributed by atoms with Crippen molar-refractivity contribution in [3.05, 3.63) is 88.0 Å². The number of phenolic OH excluding ortho intramolecular Hbond substituents is 1. The summed E-state index contributed by atoms with van der Waals surface area (Å²) in [7, 11) is 0. The van der Waals surface area contributed by atoms with Crippen molar-refractivity contribution in [1.82, 2.24) is 4.98 Å². The highest BCUT2D eigenvalue weighted by molar-refractivity contribution is 6.41. The molecule has 2 N–H and O–H groups in total. The Morgan fingerprint density at radius 3 is 2.30 bits per heavy atom. The molecule has 0 unspecified atom stereocenters. The number of aromatic nitrogens is 1. The van der Waals surface area contributed by atoms with Crippen molar-refractivity contribution < 1.29 is 14.6 Å². The second-order valence-corrected chi connectivity index (χ2v) is 6.72. The molecule has 0 aliphatic heterocycles. The summed E-state index contributed by atoms with van der Waals surface area (Å²) in [5.41, 5.74) is 1.42. The fourth-order valence-electron chi connectivity index (χ4n) is 2.77. The number of hydrogen-bond acceptors (Lipinski definition) is 3. The zero-order chi connectivity index (χ0) is 19.0. The smallest absolute Gasteiger partial charge is 0.209 e. The highest BCUT2D eigenvalue weighted by atomic mass is 35.5. The van der Waals surface area contributed by atoms with Crippen LogP contribution in [0.1, 0.15) is 16.1 Å². The molecule has 0 saturated heterocycles. The first kappa shape index (κ1) is 17.5. The number of phenols is 1. The van der Waals surface area contributed by atoms with Crippen molar-refractivity contribution in [2.75, 3.05) is 0 Å². The van der Waals surface area contributed by atoms with Gasteiger partial charge < -0.3 is 14.8 Å². The lowest BCUT2D eigenvalue weighted by Gasteiger charge is -2.06. The van der Waals surface area contributed by atoms with Crippen LogP contribution < -0.4 is 4.74 Å². The largest absolute Gasteiger partial charge is 0.505 e. The van der Waals surface area contributed by atoms with Gasteiger partial charge in [-0.05, 0) is 48.5 Å². The molecule has 0 aliphatic carbocycles. The number of aromatic amines is 1. The van der Waals surface area contributed by atoms with Crippen molar-refractivity contribution in [1.29, 1.82) is 0 Å². The lowest BCUT2D eigenvalue weighted by atomic mass is 10.1. The molecule has 3 aromatic carbocycles. The number of nitrogens with one attached hydrogen (secondary N) is 1. The van der Waals surface area contributed by atoms with E-state index in [1.807, 2.05) is 30.3 Å². The summed E-state index contributed by atoms with van der Waals surface area (Å²) < 4.78 is 5.73. The molecule has 6 heteroatoms. The number of carbonyl (C=O) groups is 1. The van der Waals surface area contributed by atoms with Gasteiger partial charge in [-0.1, -0.05) is 41.4 Å². The predicted molar refractivity (Wildman–Crippen MR) is 106 cm³/mol. The van der Waals surface area contributed by atoms with Gasteiger partial charge >= 0.3 is 0 Å². The van der Waals surface area contributed by atoms with Crippen molar-refractivity contribution in [2.24, 2.45) is 0 Å². The van der Waals surface area contributed by atoms with Crippen LogP contribution in [0.15, 0.2) is 66.7 Å². The van der Waals surface area contributed by atoms with E-state index in [9.17, 15) is 9.90 Å². The topological polar surface area (TPSA) is 62.3 Å². The van der Waals surface area contributed by atoms with Gasteiger partial charge in [0.15, 0.2) is 5.75 Å². The van der Waals surface area contributed by atoms with Gasteiger partial charge in [0, 0.05) is 16.5 Å². The van der Waals surface area contributed by atoms with Gasteiger partial charge in [0.25, 0.3) is 0 Å². The minimum absolute atomic E-state index is 0.111. The molecule has 0 atom stereocenters. The molecule has 0 saturated carbocycles. The SMILES string of the molecule is O=C(c1ccc(Oc2ccccc2)cc1)c1cc2c(Cl)c(O)c(Cl)cc2[nH]1. The first-order valence-electron chi connectivity index (χ1n) is 8.10. The summed E-state index contributed by atoms with van der Waals surface area (Å²) in [5.74, 6) is 0.947. The van der Waals surface area contributed by atoms with E-state index in [2.05, 4.69) is 4.98 Å². The van der Waals surface area contributed by atoms with Crippen LogP contribution >= 0.6 is 23.2 Å². The van der Waals surface area contributed by atoms with Gasteiger partial charge in [-0.15, -0.1) is 0 Å². The highest BCUT2D eigenvalue weighted by Gasteiger charge is 2.17. The van der Waals surface area contributed by atoms with Gasteiger partial charge in [-0.25, -0.2) is 0 Å². The molecule has 0 aliphatic rings. The van der Waals surface area contributed by atoms with E-state index in [4.69, 9.17) is 27.9 Å². The third-order valence-electron chi connectivity index (χ3n) is 4.13. The average molecular weight is 398 g/mol. The molecule has 4 rings (SSSR count). The molecule has 134 valence electrons. The van der Waals surface area contributed by atoms with E-state index in [0.29, 0.717) is 27.9 Å². The number of benzene rings is 3. The van der Waals surface area contributed by atoms with E-state index in [-0.39, 0.29) is 21.6 Å². The molecular weight excluding hydrogens is 385 g/mol. The van der Waals surface area contributed by atoms with Crippen LogP contribution in [0.5, 0.6) is 17.2 Å². The van der Waals surface area contributed by atoms with Crippen LogP contribution in [-0.4, -0.2) is 15.9 Å². The zero-order valence-corrected chi connectivity index (χ0v) is 15.4. The van der Waals surface area contributed by atoms with Crippen molar-refractivity contribution in [3.8, 4) is 17.2 Å². The monoisotopic (exact) mass is 397 g/mol. The molecule has 0 fully saturated rings. The quantitative estimate of drug-likeness (QED) is 0.402. The minimum atomic E-state index is -0.204. The maximum absolute atomic E-state index is 12.8. The van der Waals surface area contributed by atoms with Crippen molar-refractivity contribution in [3.63, 3.8) is 0 Å². The number of aromatic hydroxyl groups is 1. The molecule has 27 heavy (non-hydrogen) atoms. The number of rotatable bonds is 4. The summed E-state index contributed by atoms with van der Waals surface area (Å²) in [6.07, 6.45) is 0. The second kappa shape index (κ2) is 6.99. The fourth-order valence-corrected chi connectivity index (χ4v) is 3.28. The number of fused-ring (bicyclic) bond motifs is 1. The summed E-state index contributed by atoms with van der Waals surface area (Å²) in [5, 5.41) is 10.6. The normalized spacial score (nSPS) is 10.9. The Labute approximate surface area is 164 Å². The molecular formula is C21H13Cl2NO3. The number of para-hydroxylation sites is 1. The Morgan fingerprint density at radius 1 is 0.926 bits per heavy atom. The van der Waals surface area contributed by atoms with Gasteiger partial charge in [0.05, 0.1) is 15.7 Å². The number of halogens is 2. The lowest BCUT2D eigenvalue weighted by molar-refractivity contribution is 0.103. The van der Waals surface area contributed by atoms with E-state index in [1.165, 1.54) is 6.07 Å². The number of ether oxygens (including phenoxy) is 1. The van der Waals surface area contributed by atoms with Crippen molar-refractivity contribution >= 4 is 39.9 Å². The zero-order valence-electron chi connectivity index (χ0n) is 13.9. The third kappa shape index (κ3) is 3.37. The van der Waals surface area contributed by atoms with Crippen LogP contribution in [0.4, 0.5) is 0 Å². The highest BCUT2D eigenvalue weighted by Crippen LogP contribution is 2.38. The predicted octanol–water partition coefficient (Wildman–Crippen LogP) is 6.20. The Kier molecular flexibility index (Phi) is 4.52. The Bertz CT molecular complexity index is 1140. The lowest BCUT2D eigenvalue weighted by Crippen LogP contribution is -2.01. The summed E-state index contributed by atoms with van der Waals surface area (Å²) in [6.45, 7) is 0. The Morgan fingerprint density at radius 2 is 1.59 bits per heavy atom.